The van der Waals surface area contributed by atoms with Crippen LogP contribution in [0.5, 0.6) is 0 Å². The summed E-state index contributed by atoms with van der Waals surface area (Å²) in [7, 11) is 1.65. The number of rotatable bonds is 9. The van der Waals surface area contributed by atoms with Crippen LogP contribution in [0, 0.1) is 0 Å². The van der Waals surface area contributed by atoms with Crippen molar-refractivity contribution in [1.82, 2.24) is 10.2 Å². The molecule has 0 radical (unpaired) electrons. The molecule has 0 aliphatic carbocycles. The summed E-state index contributed by atoms with van der Waals surface area (Å²) >= 11 is 0. The maximum Gasteiger partial charge on any atom is 0.322 e. The number of nitrogens with one attached hydrogen (secondary N) is 1. The van der Waals surface area contributed by atoms with Crippen molar-refractivity contribution in [2.45, 2.75) is 32.9 Å². The van der Waals surface area contributed by atoms with Crippen LogP contribution in [0.3, 0.4) is 0 Å². The lowest BCUT2D eigenvalue weighted by Crippen LogP contribution is -2.48. The second-order valence-corrected chi connectivity index (χ2v) is 4.03. The molecule has 0 aliphatic heterocycles. The van der Waals surface area contributed by atoms with Crippen LogP contribution in [0.25, 0.3) is 0 Å². The van der Waals surface area contributed by atoms with E-state index in [2.05, 4.69) is 24.1 Å². The summed E-state index contributed by atoms with van der Waals surface area (Å²) in [6, 6.07) is -0.195. The predicted octanol–water partition coefficient (Wildman–Crippen LogP) is 0.406. The molecule has 0 spiro atoms. The number of aliphatic carboxylic acids is 1. The molecule has 0 amide bonds. The first-order chi connectivity index (χ1) is 7.52. The summed E-state index contributed by atoms with van der Waals surface area (Å²) < 4.78 is 5.01. The molecule has 1 atom stereocenters. The summed E-state index contributed by atoms with van der Waals surface area (Å²) in [5.41, 5.74) is 0. The van der Waals surface area contributed by atoms with E-state index in [0.29, 0.717) is 25.7 Å². The highest BCUT2D eigenvalue weighted by Crippen LogP contribution is 2.00. The number of nitrogens with zero attached hydrogens (tertiary/aromatic N) is 1. The Morgan fingerprint density at radius 1 is 1.50 bits per heavy atom. The van der Waals surface area contributed by atoms with Crippen molar-refractivity contribution in [1.29, 1.82) is 0 Å². The third-order valence-corrected chi connectivity index (χ3v) is 2.48. The molecular weight excluding hydrogens is 208 g/mol. The molecule has 0 aliphatic rings. The van der Waals surface area contributed by atoms with Crippen molar-refractivity contribution in [2.24, 2.45) is 0 Å². The van der Waals surface area contributed by atoms with Crippen LogP contribution >= 0.6 is 0 Å². The zero-order valence-electron chi connectivity index (χ0n) is 10.7. The molecule has 0 aromatic heterocycles. The van der Waals surface area contributed by atoms with Gasteiger partial charge in [-0.25, -0.2) is 0 Å². The first kappa shape index (κ1) is 15.3. The van der Waals surface area contributed by atoms with E-state index < -0.39 is 12.0 Å². The van der Waals surface area contributed by atoms with Crippen LogP contribution in [-0.2, 0) is 9.53 Å². The molecule has 16 heavy (non-hydrogen) atoms. The van der Waals surface area contributed by atoms with Crippen LogP contribution in [0.15, 0.2) is 0 Å². The number of carbonyl (C=O) groups is 1. The Morgan fingerprint density at radius 3 is 2.50 bits per heavy atom. The molecule has 0 saturated carbocycles. The highest BCUT2D eigenvalue weighted by atomic mass is 16.5. The molecule has 0 bridgehead atoms. The van der Waals surface area contributed by atoms with Crippen molar-refractivity contribution in [3.63, 3.8) is 0 Å². The SMILES string of the molecule is CCNC(CN(CCOC)C(C)C)C(=O)O. The lowest BCUT2D eigenvalue weighted by molar-refractivity contribution is -0.140. The molecule has 2 N–H and O–H groups in total. The van der Waals surface area contributed by atoms with Gasteiger partial charge in [0.25, 0.3) is 0 Å². The monoisotopic (exact) mass is 232 g/mol. The van der Waals surface area contributed by atoms with Gasteiger partial charge in [0.05, 0.1) is 6.61 Å². The van der Waals surface area contributed by atoms with E-state index in [1.165, 1.54) is 0 Å². The Balaban J connectivity index is 4.26. The van der Waals surface area contributed by atoms with E-state index in [-0.39, 0.29) is 0 Å². The lowest BCUT2D eigenvalue weighted by atomic mass is 10.2. The molecule has 0 aromatic carbocycles. The van der Waals surface area contributed by atoms with Crippen molar-refractivity contribution in [3.05, 3.63) is 0 Å². The summed E-state index contributed by atoms with van der Waals surface area (Å²) in [5.74, 6) is -0.801. The van der Waals surface area contributed by atoms with Gasteiger partial charge in [0.15, 0.2) is 0 Å². The fourth-order valence-corrected chi connectivity index (χ4v) is 1.48. The summed E-state index contributed by atoms with van der Waals surface area (Å²) in [6.45, 7) is 8.56. The van der Waals surface area contributed by atoms with E-state index in [4.69, 9.17) is 9.84 Å². The summed E-state index contributed by atoms with van der Waals surface area (Å²) in [4.78, 5) is 13.1. The molecule has 0 fully saturated rings. The predicted molar refractivity (Wildman–Crippen MR) is 63.7 cm³/mol. The standard InChI is InChI=1S/C11H24N2O3/c1-5-12-10(11(14)15)8-13(9(2)3)6-7-16-4/h9-10,12H,5-8H2,1-4H3,(H,14,15). The molecule has 0 saturated heterocycles. The van der Waals surface area contributed by atoms with Gasteiger partial charge in [-0.2, -0.15) is 0 Å². The van der Waals surface area contributed by atoms with Gasteiger partial charge in [-0.15, -0.1) is 0 Å². The van der Waals surface area contributed by atoms with E-state index in [0.717, 1.165) is 6.54 Å². The zero-order valence-corrected chi connectivity index (χ0v) is 10.7. The van der Waals surface area contributed by atoms with Crippen molar-refractivity contribution >= 4 is 5.97 Å². The molecule has 1 unspecified atom stereocenters. The van der Waals surface area contributed by atoms with Gasteiger partial charge in [-0.05, 0) is 20.4 Å². The number of likely N-dealkylation sites (N-methyl/N-ethyl adjacent to an activating group) is 1. The van der Waals surface area contributed by atoms with Gasteiger partial charge in [-0.1, -0.05) is 6.92 Å². The van der Waals surface area contributed by atoms with Crippen LogP contribution < -0.4 is 5.32 Å². The van der Waals surface area contributed by atoms with Gasteiger partial charge in [0, 0.05) is 26.2 Å². The normalized spacial score (nSPS) is 13.4. The second-order valence-electron chi connectivity index (χ2n) is 4.03. The maximum absolute atomic E-state index is 11.0. The van der Waals surface area contributed by atoms with Gasteiger partial charge in [0.1, 0.15) is 6.04 Å². The smallest absolute Gasteiger partial charge is 0.322 e. The van der Waals surface area contributed by atoms with Crippen molar-refractivity contribution < 1.29 is 14.6 Å². The average molecular weight is 232 g/mol. The minimum Gasteiger partial charge on any atom is -0.480 e. The minimum absolute atomic E-state index is 0.315. The summed E-state index contributed by atoms with van der Waals surface area (Å²) in [5, 5.41) is 12.0. The van der Waals surface area contributed by atoms with Gasteiger partial charge in [-0.3, -0.25) is 9.69 Å². The van der Waals surface area contributed by atoms with Crippen LogP contribution in [0.4, 0.5) is 0 Å². The minimum atomic E-state index is -0.801. The number of carboxylic acids is 1. The Hall–Kier alpha value is -0.650. The third-order valence-electron chi connectivity index (χ3n) is 2.48. The molecular formula is C11H24N2O3. The summed E-state index contributed by atoms with van der Waals surface area (Å²) in [6.07, 6.45) is 0. The maximum atomic E-state index is 11.0. The van der Waals surface area contributed by atoms with Gasteiger partial charge in [0.2, 0.25) is 0 Å². The Bertz CT molecular complexity index is 198. The largest absolute Gasteiger partial charge is 0.480 e. The first-order valence-corrected chi connectivity index (χ1v) is 5.72. The molecule has 0 aromatic rings. The van der Waals surface area contributed by atoms with Crippen LogP contribution in [-0.4, -0.2) is 61.4 Å². The highest BCUT2D eigenvalue weighted by Gasteiger charge is 2.21. The quantitative estimate of drug-likeness (QED) is 0.603. The second kappa shape index (κ2) is 8.50. The molecule has 0 rings (SSSR count). The zero-order chi connectivity index (χ0) is 12.6. The molecule has 0 heterocycles. The number of ether oxygens (including phenoxy) is 1. The van der Waals surface area contributed by atoms with Crippen LogP contribution in [0.1, 0.15) is 20.8 Å². The Kier molecular flexibility index (Phi) is 8.15. The Morgan fingerprint density at radius 2 is 2.12 bits per heavy atom. The van der Waals surface area contributed by atoms with Crippen molar-refractivity contribution in [2.75, 3.05) is 33.4 Å². The average Bonchev–Trinajstić information content (AvgIpc) is 2.21. The molecule has 5 heteroatoms. The first-order valence-electron chi connectivity index (χ1n) is 5.72. The topological polar surface area (TPSA) is 61.8 Å². The van der Waals surface area contributed by atoms with Gasteiger partial charge >= 0.3 is 5.97 Å². The number of carboxylic acid groups (broad SMARTS) is 1. The molecule has 5 nitrogen and oxygen atoms in total. The fraction of sp³-hybridized carbons (Fsp3) is 0.909. The number of methoxy groups -OCH3 is 1. The van der Waals surface area contributed by atoms with Crippen LogP contribution in [0.2, 0.25) is 0 Å². The number of hydrogen-bond donors (Lipinski definition) is 2. The number of hydrogen-bond acceptors (Lipinski definition) is 4. The molecule has 96 valence electrons. The van der Waals surface area contributed by atoms with Gasteiger partial charge < -0.3 is 15.2 Å². The van der Waals surface area contributed by atoms with Crippen molar-refractivity contribution in [3.8, 4) is 0 Å². The Labute approximate surface area is 97.8 Å². The van der Waals surface area contributed by atoms with E-state index in [1.807, 2.05) is 6.92 Å². The van der Waals surface area contributed by atoms with E-state index in [1.54, 1.807) is 7.11 Å². The lowest BCUT2D eigenvalue weighted by Gasteiger charge is -2.29. The van der Waals surface area contributed by atoms with E-state index in [9.17, 15) is 4.79 Å². The third kappa shape index (κ3) is 6.05. The highest BCUT2D eigenvalue weighted by molar-refractivity contribution is 5.73. The fourth-order valence-electron chi connectivity index (χ4n) is 1.48. The van der Waals surface area contributed by atoms with E-state index >= 15 is 0 Å².